The van der Waals surface area contributed by atoms with Crippen LogP contribution in [0.5, 0.6) is 0 Å². The lowest BCUT2D eigenvalue weighted by Crippen LogP contribution is -2.34. The number of fused-ring (bicyclic) bond motifs is 1. The van der Waals surface area contributed by atoms with Gasteiger partial charge in [0.2, 0.25) is 5.91 Å². The molecule has 0 fully saturated rings. The number of carbonyl (C=O) groups is 1. The summed E-state index contributed by atoms with van der Waals surface area (Å²) in [5.41, 5.74) is 0. The highest BCUT2D eigenvalue weighted by atomic mass is 35.5. The molecular formula is C15H17ClN8O. The quantitative estimate of drug-likeness (QED) is 0.687. The molecule has 1 aliphatic heterocycles. The van der Waals surface area contributed by atoms with Crippen molar-refractivity contribution in [1.29, 1.82) is 0 Å². The highest BCUT2D eigenvalue weighted by Crippen LogP contribution is 2.14. The highest BCUT2D eigenvalue weighted by Gasteiger charge is 2.23. The van der Waals surface area contributed by atoms with Crippen LogP contribution in [-0.2, 0) is 31.0 Å². The third kappa shape index (κ3) is 3.41. The Hall–Kier alpha value is -2.68. The van der Waals surface area contributed by atoms with Gasteiger partial charge in [-0.25, -0.2) is 4.98 Å². The fourth-order valence-corrected chi connectivity index (χ4v) is 3.11. The summed E-state index contributed by atoms with van der Waals surface area (Å²) in [6.45, 7) is 2.71. The first kappa shape index (κ1) is 15.8. The molecule has 0 saturated carbocycles. The number of hydrogen-bond acceptors (Lipinski definition) is 5. The zero-order chi connectivity index (χ0) is 17.2. The number of imidazole rings is 1. The van der Waals surface area contributed by atoms with E-state index >= 15 is 0 Å². The number of carbonyl (C=O) groups excluding carboxylic acids is 1. The fraction of sp³-hybridized carbons (Fsp3) is 0.400. The van der Waals surface area contributed by atoms with Crippen molar-refractivity contribution in [2.45, 2.75) is 32.6 Å². The van der Waals surface area contributed by atoms with Crippen molar-refractivity contribution in [3.63, 3.8) is 0 Å². The molecule has 0 radical (unpaired) electrons. The smallest absolute Gasteiger partial charge is 0.244 e. The molecule has 3 aromatic rings. The maximum Gasteiger partial charge on any atom is 0.244 e. The van der Waals surface area contributed by atoms with E-state index in [-0.39, 0.29) is 12.5 Å². The topological polar surface area (TPSA) is 86.7 Å². The molecule has 4 rings (SSSR count). The van der Waals surface area contributed by atoms with Crippen LogP contribution in [0.4, 0.5) is 0 Å². The molecule has 0 unspecified atom stereocenters. The average Bonchev–Trinajstić information content (AvgIpc) is 3.29. The van der Waals surface area contributed by atoms with E-state index in [9.17, 15) is 4.79 Å². The van der Waals surface area contributed by atoms with E-state index in [4.69, 9.17) is 11.6 Å². The van der Waals surface area contributed by atoms with Crippen LogP contribution < -0.4 is 0 Å². The predicted molar refractivity (Wildman–Crippen MR) is 88.6 cm³/mol. The van der Waals surface area contributed by atoms with E-state index in [2.05, 4.69) is 24.8 Å². The Morgan fingerprint density at radius 1 is 1.28 bits per heavy atom. The van der Waals surface area contributed by atoms with Crippen LogP contribution in [0, 0.1) is 0 Å². The van der Waals surface area contributed by atoms with Crippen LogP contribution in [0.15, 0.2) is 31.1 Å². The van der Waals surface area contributed by atoms with Gasteiger partial charge < -0.3 is 14.0 Å². The molecule has 130 valence electrons. The van der Waals surface area contributed by atoms with Gasteiger partial charge in [0, 0.05) is 31.7 Å². The van der Waals surface area contributed by atoms with E-state index in [0.717, 1.165) is 24.6 Å². The number of halogens is 1. The maximum atomic E-state index is 12.6. The molecule has 3 aromatic heterocycles. The Kier molecular flexibility index (Phi) is 4.22. The van der Waals surface area contributed by atoms with Gasteiger partial charge in [0.05, 0.1) is 30.6 Å². The van der Waals surface area contributed by atoms with Gasteiger partial charge in [0.15, 0.2) is 11.6 Å². The highest BCUT2D eigenvalue weighted by molar-refractivity contribution is 6.30. The van der Waals surface area contributed by atoms with Gasteiger partial charge in [-0.3, -0.25) is 9.48 Å². The number of aromatic nitrogens is 7. The van der Waals surface area contributed by atoms with Crippen LogP contribution in [0.1, 0.15) is 18.1 Å². The van der Waals surface area contributed by atoms with Crippen LogP contribution >= 0.6 is 11.6 Å². The Balaban J connectivity index is 1.48. The summed E-state index contributed by atoms with van der Waals surface area (Å²) in [6.07, 6.45) is 9.40. The molecule has 0 aromatic carbocycles. The van der Waals surface area contributed by atoms with E-state index in [1.54, 1.807) is 28.3 Å². The van der Waals surface area contributed by atoms with Crippen molar-refractivity contribution in [3.8, 4) is 0 Å². The molecule has 0 N–H and O–H groups in total. The van der Waals surface area contributed by atoms with E-state index in [1.807, 2.05) is 10.8 Å². The van der Waals surface area contributed by atoms with Crippen LogP contribution in [0.2, 0.25) is 5.02 Å². The fourth-order valence-electron chi connectivity index (χ4n) is 2.95. The monoisotopic (exact) mass is 360 g/mol. The summed E-state index contributed by atoms with van der Waals surface area (Å²) in [5, 5.41) is 13.2. The van der Waals surface area contributed by atoms with Crippen molar-refractivity contribution < 1.29 is 4.79 Å². The van der Waals surface area contributed by atoms with Crippen LogP contribution in [0.25, 0.3) is 0 Å². The van der Waals surface area contributed by atoms with Crippen LogP contribution in [-0.4, -0.2) is 51.4 Å². The lowest BCUT2D eigenvalue weighted by molar-refractivity contribution is -0.132. The molecule has 10 heteroatoms. The summed E-state index contributed by atoms with van der Waals surface area (Å²) in [4.78, 5) is 18.4. The van der Waals surface area contributed by atoms with Gasteiger partial charge in [0.25, 0.3) is 0 Å². The van der Waals surface area contributed by atoms with Crippen molar-refractivity contribution in [3.05, 3.63) is 47.8 Å². The van der Waals surface area contributed by atoms with Gasteiger partial charge in [-0.1, -0.05) is 11.6 Å². The first-order valence-electron chi connectivity index (χ1n) is 8.01. The number of hydrogen-bond donors (Lipinski definition) is 0. The number of nitrogens with zero attached hydrogens (tertiary/aromatic N) is 8. The molecule has 0 spiro atoms. The first-order valence-corrected chi connectivity index (χ1v) is 8.39. The normalized spacial score (nSPS) is 14.4. The second-order valence-electron chi connectivity index (χ2n) is 5.94. The SMILES string of the molecule is O=C(Cn1cc(Cl)cn1)N1CCCn2c(nnc2Cn2ccnc2)C1. The minimum atomic E-state index is -0.00706. The lowest BCUT2D eigenvalue weighted by atomic mass is 10.3. The van der Waals surface area contributed by atoms with Crippen molar-refractivity contribution in [2.24, 2.45) is 0 Å². The van der Waals surface area contributed by atoms with E-state index < -0.39 is 0 Å². The van der Waals surface area contributed by atoms with Gasteiger partial charge in [0.1, 0.15) is 6.54 Å². The molecule has 1 amide bonds. The summed E-state index contributed by atoms with van der Waals surface area (Å²) in [6, 6.07) is 0. The molecule has 0 atom stereocenters. The zero-order valence-electron chi connectivity index (χ0n) is 13.5. The molecule has 0 saturated heterocycles. The van der Waals surface area contributed by atoms with E-state index in [0.29, 0.717) is 24.7 Å². The van der Waals surface area contributed by atoms with Gasteiger partial charge in [-0.05, 0) is 6.42 Å². The number of amides is 1. The van der Waals surface area contributed by atoms with E-state index in [1.165, 1.54) is 6.20 Å². The third-order valence-electron chi connectivity index (χ3n) is 4.18. The van der Waals surface area contributed by atoms with Crippen LogP contribution in [0.3, 0.4) is 0 Å². The first-order chi connectivity index (χ1) is 12.2. The van der Waals surface area contributed by atoms with Crippen molar-refractivity contribution in [2.75, 3.05) is 6.54 Å². The summed E-state index contributed by atoms with van der Waals surface area (Å²) in [7, 11) is 0. The lowest BCUT2D eigenvalue weighted by Gasteiger charge is -2.19. The molecule has 25 heavy (non-hydrogen) atoms. The number of rotatable bonds is 4. The molecule has 9 nitrogen and oxygen atoms in total. The van der Waals surface area contributed by atoms with Crippen molar-refractivity contribution in [1.82, 2.24) is 39.0 Å². The Bertz CT molecular complexity index is 868. The van der Waals surface area contributed by atoms with Gasteiger partial charge in [-0.15, -0.1) is 10.2 Å². The zero-order valence-corrected chi connectivity index (χ0v) is 14.2. The maximum absolute atomic E-state index is 12.6. The molecule has 1 aliphatic rings. The minimum Gasteiger partial charge on any atom is -0.333 e. The molecule has 4 heterocycles. The summed E-state index contributed by atoms with van der Waals surface area (Å²) < 4.78 is 5.59. The largest absolute Gasteiger partial charge is 0.333 e. The second kappa shape index (κ2) is 6.67. The average molecular weight is 361 g/mol. The standard InChI is InChI=1S/C15H17ClN8O/c16-12-6-18-23(7-12)10-15(25)22-3-1-4-24-13(19-20-14(24)9-22)8-21-5-2-17-11-21/h2,5-7,11H,1,3-4,8-10H2. The molecule has 0 aliphatic carbocycles. The predicted octanol–water partition coefficient (Wildman–Crippen LogP) is 0.805. The molecular weight excluding hydrogens is 344 g/mol. The Morgan fingerprint density at radius 3 is 2.96 bits per heavy atom. The molecule has 0 bridgehead atoms. The van der Waals surface area contributed by atoms with Gasteiger partial charge >= 0.3 is 0 Å². The summed E-state index contributed by atoms with van der Waals surface area (Å²) in [5.74, 6) is 1.67. The Labute approximate surface area is 148 Å². The second-order valence-corrected chi connectivity index (χ2v) is 6.38. The summed E-state index contributed by atoms with van der Waals surface area (Å²) >= 11 is 5.85. The van der Waals surface area contributed by atoms with Crippen molar-refractivity contribution >= 4 is 17.5 Å². The third-order valence-corrected chi connectivity index (χ3v) is 4.38. The minimum absolute atomic E-state index is 0.00706. The van der Waals surface area contributed by atoms with Gasteiger partial charge in [-0.2, -0.15) is 5.10 Å². The Morgan fingerprint density at radius 2 is 2.20 bits per heavy atom.